The van der Waals surface area contributed by atoms with Gasteiger partial charge in [-0.05, 0) is 30.2 Å². The molecule has 8 heteroatoms. The van der Waals surface area contributed by atoms with Crippen molar-refractivity contribution in [2.24, 2.45) is 5.92 Å². The predicted molar refractivity (Wildman–Crippen MR) is 107 cm³/mol. The third-order valence-corrected chi connectivity index (χ3v) is 4.25. The summed E-state index contributed by atoms with van der Waals surface area (Å²) in [5, 5.41) is 16.1. The van der Waals surface area contributed by atoms with E-state index >= 15 is 0 Å². The van der Waals surface area contributed by atoms with Crippen LogP contribution in [-0.4, -0.2) is 22.8 Å². The van der Waals surface area contributed by atoms with E-state index in [0.29, 0.717) is 11.3 Å². The molecule has 0 saturated carbocycles. The van der Waals surface area contributed by atoms with Crippen LogP contribution in [0.15, 0.2) is 42.5 Å². The molecule has 0 heterocycles. The second-order valence-corrected chi connectivity index (χ2v) is 6.74. The Hall–Kier alpha value is -3.37. The van der Waals surface area contributed by atoms with Crippen molar-refractivity contribution < 1.29 is 14.5 Å². The molecule has 2 aromatic carbocycles. The van der Waals surface area contributed by atoms with Gasteiger partial charge in [0.15, 0.2) is 0 Å². The van der Waals surface area contributed by atoms with Gasteiger partial charge >= 0.3 is 0 Å². The molecule has 0 radical (unpaired) electrons. The maximum atomic E-state index is 12.6. The van der Waals surface area contributed by atoms with Crippen LogP contribution in [0, 0.1) is 28.4 Å². The Morgan fingerprint density at radius 3 is 2.50 bits per heavy atom. The van der Waals surface area contributed by atoms with Crippen LogP contribution in [0.3, 0.4) is 0 Å². The Balaban J connectivity index is 2.17. The summed E-state index contributed by atoms with van der Waals surface area (Å²) in [6, 6.07) is 9.44. The number of nitrogens with one attached hydrogen (secondary N) is 2. The molecular weight excluding hydrogens is 382 g/mol. The molecule has 0 spiro atoms. The molecular formula is C20H18ClN3O4. The number of rotatable bonds is 6. The van der Waals surface area contributed by atoms with E-state index < -0.39 is 22.8 Å². The van der Waals surface area contributed by atoms with Crippen LogP contribution in [0.2, 0.25) is 5.02 Å². The molecule has 1 atom stereocenters. The minimum atomic E-state index is -0.853. The topological polar surface area (TPSA) is 101 Å². The third-order valence-electron chi connectivity index (χ3n) is 3.94. The number of nitro groups is 1. The van der Waals surface area contributed by atoms with E-state index in [1.54, 1.807) is 38.1 Å². The van der Waals surface area contributed by atoms with E-state index in [1.807, 2.05) is 0 Å². The fourth-order valence-corrected chi connectivity index (χ4v) is 2.72. The Morgan fingerprint density at radius 2 is 1.93 bits per heavy atom. The quantitative estimate of drug-likeness (QED) is 0.440. The van der Waals surface area contributed by atoms with E-state index in [1.165, 1.54) is 12.1 Å². The van der Waals surface area contributed by atoms with Crippen molar-refractivity contribution in [1.29, 1.82) is 0 Å². The first-order valence-corrected chi connectivity index (χ1v) is 8.73. The number of amides is 2. The zero-order chi connectivity index (χ0) is 20.8. The normalized spacial score (nSPS) is 11.4. The largest absolute Gasteiger partial charge is 0.340 e. The molecule has 7 nitrogen and oxygen atoms in total. The van der Waals surface area contributed by atoms with Crippen molar-refractivity contribution in [3.8, 4) is 12.3 Å². The van der Waals surface area contributed by atoms with Crippen molar-refractivity contribution in [1.82, 2.24) is 5.32 Å². The monoisotopic (exact) mass is 399 g/mol. The smallest absolute Gasteiger partial charge is 0.270 e. The number of terminal acetylenes is 1. The number of nitrogens with zero attached hydrogens (tertiary/aromatic N) is 1. The molecule has 28 heavy (non-hydrogen) atoms. The Bertz CT molecular complexity index is 966. The average molecular weight is 400 g/mol. The second-order valence-electron chi connectivity index (χ2n) is 6.33. The molecule has 0 bridgehead atoms. The van der Waals surface area contributed by atoms with Gasteiger partial charge in [-0.15, -0.1) is 6.42 Å². The van der Waals surface area contributed by atoms with Crippen LogP contribution in [0.25, 0.3) is 0 Å². The molecule has 0 aliphatic heterocycles. The van der Waals surface area contributed by atoms with Gasteiger partial charge in [-0.2, -0.15) is 0 Å². The number of nitro benzene ring substituents is 1. The lowest BCUT2D eigenvalue weighted by Gasteiger charge is -2.22. The number of halogens is 1. The van der Waals surface area contributed by atoms with Crippen LogP contribution >= 0.6 is 11.6 Å². The summed E-state index contributed by atoms with van der Waals surface area (Å²) in [6.07, 6.45) is 5.36. The lowest BCUT2D eigenvalue weighted by molar-refractivity contribution is -0.384. The van der Waals surface area contributed by atoms with Gasteiger partial charge in [0.1, 0.15) is 6.04 Å². The molecule has 2 aromatic rings. The summed E-state index contributed by atoms with van der Waals surface area (Å²) >= 11 is 5.99. The van der Waals surface area contributed by atoms with Crippen LogP contribution in [0.4, 0.5) is 11.4 Å². The van der Waals surface area contributed by atoms with Crippen LogP contribution in [0.1, 0.15) is 29.8 Å². The summed E-state index contributed by atoms with van der Waals surface area (Å²) in [5.74, 6) is 1.23. The van der Waals surface area contributed by atoms with E-state index in [4.69, 9.17) is 18.0 Å². The maximum absolute atomic E-state index is 12.6. The minimum Gasteiger partial charge on any atom is -0.340 e. The molecule has 1 unspecified atom stereocenters. The number of anilines is 1. The molecule has 0 saturated heterocycles. The molecule has 144 valence electrons. The van der Waals surface area contributed by atoms with Gasteiger partial charge in [0.2, 0.25) is 5.91 Å². The average Bonchev–Trinajstić information content (AvgIpc) is 2.65. The van der Waals surface area contributed by atoms with E-state index in [-0.39, 0.29) is 22.2 Å². The SMILES string of the molecule is C#Cc1cccc(NC(=O)C(NC(=O)c2ccc([N+](=O)[O-])cc2Cl)C(C)C)c1. The van der Waals surface area contributed by atoms with Gasteiger partial charge in [0.25, 0.3) is 11.6 Å². The van der Waals surface area contributed by atoms with Crippen molar-refractivity contribution >= 4 is 34.8 Å². The number of carbonyl (C=O) groups is 2. The van der Waals surface area contributed by atoms with Crippen LogP contribution < -0.4 is 10.6 Å². The zero-order valence-electron chi connectivity index (χ0n) is 15.2. The van der Waals surface area contributed by atoms with E-state index in [2.05, 4.69) is 16.6 Å². The first-order valence-electron chi connectivity index (χ1n) is 8.35. The van der Waals surface area contributed by atoms with Gasteiger partial charge in [0, 0.05) is 23.4 Å². The van der Waals surface area contributed by atoms with Crippen LogP contribution in [-0.2, 0) is 4.79 Å². The molecule has 2 amide bonds. The van der Waals surface area contributed by atoms with Crippen molar-refractivity contribution in [3.05, 3.63) is 68.7 Å². The fourth-order valence-electron chi connectivity index (χ4n) is 2.46. The zero-order valence-corrected chi connectivity index (χ0v) is 16.0. The Morgan fingerprint density at radius 1 is 1.21 bits per heavy atom. The Kier molecular flexibility index (Phi) is 6.74. The number of benzene rings is 2. The summed E-state index contributed by atoms with van der Waals surface area (Å²) < 4.78 is 0. The van der Waals surface area contributed by atoms with Gasteiger partial charge in [-0.3, -0.25) is 19.7 Å². The summed E-state index contributed by atoms with van der Waals surface area (Å²) in [5.41, 5.74) is 0.933. The highest BCUT2D eigenvalue weighted by Crippen LogP contribution is 2.23. The molecule has 0 fully saturated rings. The van der Waals surface area contributed by atoms with Gasteiger partial charge in [-0.1, -0.05) is 37.4 Å². The Labute approximate surface area is 167 Å². The molecule has 0 aromatic heterocycles. The van der Waals surface area contributed by atoms with E-state index in [9.17, 15) is 19.7 Å². The van der Waals surface area contributed by atoms with Gasteiger partial charge in [-0.25, -0.2) is 0 Å². The summed E-state index contributed by atoms with van der Waals surface area (Å²) in [7, 11) is 0. The lowest BCUT2D eigenvalue weighted by atomic mass is 10.0. The number of non-ortho nitro benzene ring substituents is 1. The highest BCUT2D eigenvalue weighted by Gasteiger charge is 2.26. The first kappa shape index (κ1) is 20.9. The van der Waals surface area contributed by atoms with Crippen molar-refractivity contribution in [2.45, 2.75) is 19.9 Å². The highest BCUT2D eigenvalue weighted by molar-refractivity contribution is 6.34. The first-order chi connectivity index (χ1) is 13.2. The summed E-state index contributed by atoms with van der Waals surface area (Å²) in [6.45, 7) is 3.56. The lowest BCUT2D eigenvalue weighted by Crippen LogP contribution is -2.47. The van der Waals surface area contributed by atoms with Gasteiger partial charge < -0.3 is 10.6 Å². The second kappa shape index (κ2) is 9.02. The number of hydrogen-bond acceptors (Lipinski definition) is 4. The predicted octanol–water partition coefficient (Wildman–Crippen LogP) is 3.62. The van der Waals surface area contributed by atoms with Crippen molar-refractivity contribution in [3.63, 3.8) is 0 Å². The number of carbonyl (C=O) groups excluding carboxylic acids is 2. The molecule has 2 rings (SSSR count). The maximum Gasteiger partial charge on any atom is 0.270 e. The number of hydrogen-bond donors (Lipinski definition) is 2. The fraction of sp³-hybridized carbons (Fsp3) is 0.200. The third kappa shape index (κ3) is 5.09. The van der Waals surface area contributed by atoms with Gasteiger partial charge in [0.05, 0.1) is 15.5 Å². The molecule has 0 aliphatic carbocycles. The summed E-state index contributed by atoms with van der Waals surface area (Å²) in [4.78, 5) is 35.4. The highest BCUT2D eigenvalue weighted by atomic mass is 35.5. The van der Waals surface area contributed by atoms with Crippen molar-refractivity contribution in [2.75, 3.05) is 5.32 Å². The van der Waals surface area contributed by atoms with Crippen LogP contribution in [0.5, 0.6) is 0 Å². The van der Waals surface area contributed by atoms with E-state index in [0.717, 1.165) is 6.07 Å². The minimum absolute atomic E-state index is 0.0417. The molecule has 0 aliphatic rings. The molecule has 2 N–H and O–H groups in total. The standard InChI is InChI=1S/C20H18ClN3O4/c1-4-13-6-5-7-14(10-13)22-20(26)18(12(2)3)23-19(25)16-9-8-15(24(27)28)11-17(16)21/h1,5-12,18H,2-3H3,(H,22,26)(H,23,25).